The van der Waals surface area contributed by atoms with Gasteiger partial charge in [-0.2, -0.15) is 13.2 Å². The molecule has 2 nitrogen and oxygen atoms in total. The minimum absolute atomic E-state index is 0.0580. The van der Waals surface area contributed by atoms with Crippen molar-refractivity contribution >= 4 is 0 Å². The molecule has 0 unspecified atom stereocenters. The molecule has 0 saturated carbocycles. The Kier molecular flexibility index (Phi) is 3.87. The molecule has 5 heteroatoms. The Hall–Kier alpha value is -1.07. The average molecular weight is 273 g/mol. The smallest absolute Gasteiger partial charge is 0.391 e. The maximum Gasteiger partial charge on any atom is 0.416 e. The van der Waals surface area contributed by atoms with Gasteiger partial charge in [0.05, 0.1) is 11.7 Å². The number of nitrogens with zero attached hydrogens (tertiary/aromatic N) is 1. The summed E-state index contributed by atoms with van der Waals surface area (Å²) in [7, 11) is 0. The van der Waals surface area contributed by atoms with E-state index in [2.05, 4.69) is 4.90 Å². The Morgan fingerprint density at radius 2 is 2.05 bits per heavy atom. The van der Waals surface area contributed by atoms with Crippen LogP contribution in [-0.4, -0.2) is 28.7 Å². The van der Waals surface area contributed by atoms with Gasteiger partial charge >= 0.3 is 6.18 Å². The summed E-state index contributed by atoms with van der Waals surface area (Å²) in [6.07, 6.45) is -3.91. The number of aryl methyl sites for hydroxylation is 1. The third-order valence-corrected chi connectivity index (χ3v) is 3.83. The fraction of sp³-hybridized carbons (Fsp3) is 0.571. The molecule has 1 aliphatic rings. The molecule has 0 spiro atoms. The van der Waals surface area contributed by atoms with Gasteiger partial charge in [0.15, 0.2) is 0 Å². The first-order valence-electron chi connectivity index (χ1n) is 6.38. The summed E-state index contributed by atoms with van der Waals surface area (Å²) in [5.74, 6) is 0. The first kappa shape index (κ1) is 14.3. The standard InChI is InChI=1S/C14H18F3NO/c1-9-7-11(3-4-12(9)14(15,16)17)8-18-6-5-13(19)10(18)2/h3-4,7,10,13,19H,5-6,8H2,1-2H3/t10-,13+/m1/s1. The molecule has 106 valence electrons. The topological polar surface area (TPSA) is 23.5 Å². The van der Waals surface area contributed by atoms with E-state index in [1.165, 1.54) is 13.0 Å². The van der Waals surface area contributed by atoms with Crippen LogP contribution in [0, 0.1) is 6.92 Å². The summed E-state index contributed by atoms with van der Waals surface area (Å²) < 4.78 is 38.0. The predicted molar refractivity (Wildman–Crippen MR) is 66.7 cm³/mol. The fourth-order valence-electron chi connectivity index (χ4n) is 2.59. The molecule has 1 aromatic rings. The van der Waals surface area contributed by atoms with Crippen LogP contribution in [0.1, 0.15) is 30.0 Å². The highest BCUT2D eigenvalue weighted by molar-refractivity contribution is 5.33. The van der Waals surface area contributed by atoms with Crippen molar-refractivity contribution in [1.82, 2.24) is 4.90 Å². The van der Waals surface area contributed by atoms with Gasteiger partial charge in [0.25, 0.3) is 0 Å². The molecule has 1 aliphatic heterocycles. The van der Waals surface area contributed by atoms with Gasteiger partial charge in [-0.1, -0.05) is 12.1 Å². The lowest BCUT2D eigenvalue weighted by molar-refractivity contribution is -0.138. The Balaban J connectivity index is 2.13. The van der Waals surface area contributed by atoms with Gasteiger partial charge in [-0.25, -0.2) is 0 Å². The number of benzene rings is 1. The summed E-state index contributed by atoms with van der Waals surface area (Å²) in [5, 5.41) is 9.66. The third-order valence-electron chi connectivity index (χ3n) is 3.83. The van der Waals surface area contributed by atoms with E-state index in [4.69, 9.17) is 0 Å². The number of aliphatic hydroxyl groups is 1. The lowest BCUT2D eigenvalue weighted by atomic mass is 10.0. The molecule has 0 aromatic heterocycles. The number of halogens is 3. The van der Waals surface area contributed by atoms with Crippen LogP contribution in [0.4, 0.5) is 13.2 Å². The van der Waals surface area contributed by atoms with Crippen molar-refractivity contribution in [1.29, 1.82) is 0 Å². The Morgan fingerprint density at radius 3 is 2.53 bits per heavy atom. The van der Waals surface area contributed by atoms with E-state index in [-0.39, 0.29) is 17.7 Å². The summed E-state index contributed by atoms with van der Waals surface area (Å²) in [4.78, 5) is 2.09. The van der Waals surface area contributed by atoms with Crippen molar-refractivity contribution in [3.63, 3.8) is 0 Å². The van der Waals surface area contributed by atoms with Crippen LogP contribution in [-0.2, 0) is 12.7 Å². The number of likely N-dealkylation sites (tertiary alicyclic amines) is 1. The second kappa shape index (κ2) is 5.13. The van der Waals surface area contributed by atoms with Crippen LogP contribution in [0.15, 0.2) is 18.2 Å². The van der Waals surface area contributed by atoms with Crippen molar-refractivity contribution in [3.8, 4) is 0 Å². The Bertz CT molecular complexity index is 458. The second-order valence-corrected chi connectivity index (χ2v) is 5.21. The number of hydrogen-bond acceptors (Lipinski definition) is 2. The van der Waals surface area contributed by atoms with E-state index in [9.17, 15) is 18.3 Å². The molecular weight excluding hydrogens is 255 g/mol. The SMILES string of the molecule is Cc1cc(CN2CC[C@H](O)[C@H]2C)ccc1C(F)(F)F. The molecule has 0 radical (unpaired) electrons. The van der Waals surface area contributed by atoms with Gasteiger partial charge in [0.2, 0.25) is 0 Å². The van der Waals surface area contributed by atoms with E-state index < -0.39 is 11.7 Å². The van der Waals surface area contributed by atoms with Gasteiger partial charge in [0, 0.05) is 19.1 Å². The number of rotatable bonds is 2. The lowest BCUT2D eigenvalue weighted by Crippen LogP contribution is -2.31. The van der Waals surface area contributed by atoms with Crippen molar-refractivity contribution in [2.75, 3.05) is 6.54 Å². The average Bonchev–Trinajstić information content (AvgIpc) is 2.59. The van der Waals surface area contributed by atoms with Gasteiger partial charge in [-0.3, -0.25) is 4.90 Å². The Labute approximate surface area is 110 Å². The maximum absolute atomic E-state index is 12.7. The molecule has 2 rings (SSSR count). The second-order valence-electron chi connectivity index (χ2n) is 5.21. The van der Waals surface area contributed by atoms with Crippen LogP contribution < -0.4 is 0 Å². The highest BCUT2D eigenvalue weighted by atomic mass is 19.4. The molecule has 1 heterocycles. The molecule has 1 N–H and O–H groups in total. The molecule has 19 heavy (non-hydrogen) atoms. The summed E-state index contributed by atoms with van der Waals surface area (Å²) in [6.45, 7) is 4.78. The van der Waals surface area contributed by atoms with Gasteiger partial charge in [-0.15, -0.1) is 0 Å². The third kappa shape index (κ3) is 3.09. The van der Waals surface area contributed by atoms with Crippen LogP contribution >= 0.6 is 0 Å². The van der Waals surface area contributed by atoms with Gasteiger partial charge in [0.1, 0.15) is 0 Å². The molecular formula is C14H18F3NO. The van der Waals surface area contributed by atoms with E-state index in [1.54, 1.807) is 6.07 Å². The monoisotopic (exact) mass is 273 g/mol. The van der Waals surface area contributed by atoms with Crippen molar-refractivity contribution in [2.24, 2.45) is 0 Å². The molecule has 0 aliphatic carbocycles. The minimum Gasteiger partial charge on any atom is -0.391 e. The van der Waals surface area contributed by atoms with Crippen molar-refractivity contribution in [2.45, 2.75) is 45.1 Å². The molecule has 0 amide bonds. The van der Waals surface area contributed by atoms with E-state index in [0.717, 1.165) is 24.6 Å². The molecule has 1 saturated heterocycles. The first-order valence-corrected chi connectivity index (χ1v) is 6.38. The van der Waals surface area contributed by atoms with Crippen LogP contribution in [0.5, 0.6) is 0 Å². The Morgan fingerprint density at radius 1 is 1.37 bits per heavy atom. The number of alkyl halides is 3. The largest absolute Gasteiger partial charge is 0.416 e. The highest BCUT2D eigenvalue weighted by Gasteiger charge is 2.33. The first-order chi connectivity index (χ1) is 8.79. The summed E-state index contributed by atoms with van der Waals surface area (Å²) >= 11 is 0. The van der Waals surface area contributed by atoms with Crippen LogP contribution in [0.2, 0.25) is 0 Å². The maximum atomic E-state index is 12.7. The normalized spacial score (nSPS) is 24.9. The molecule has 0 bridgehead atoms. The van der Waals surface area contributed by atoms with Crippen LogP contribution in [0.25, 0.3) is 0 Å². The summed E-state index contributed by atoms with van der Waals surface area (Å²) in [5.41, 5.74) is 0.523. The van der Waals surface area contributed by atoms with E-state index in [0.29, 0.717) is 6.54 Å². The fourth-order valence-corrected chi connectivity index (χ4v) is 2.59. The van der Waals surface area contributed by atoms with E-state index >= 15 is 0 Å². The van der Waals surface area contributed by atoms with Crippen molar-refractivity contribution in [3.05, 3.63) is 34.9 Å². The predicted octanol–water partition coefficient (Wildman–Crippen LogP) is 2.97. The van der Waals surface area contributed by atoms with Gasteiger partial charge in [-0.05, 0) is 37.5 Å². The lowest BCUT2D eigenvalue weighted by Gasteiger charge is -2.23. The quantitative estimate of drug-likeness (QED) is 0.895. The van der Waals surface area contributed by atoms with Crippen molar-refractivity contribution < 1.29 is 18.3 Å². The summed E-state index contributed by atoms with van der Waals surface area (Å²) in [6, 6.07) is 4.30. The van der Waals surface area contributed by atoms with E-state index in [1.807, 2.05) is 6.92 Å². The highest BCUT2D eigenvalue weighted by Crippen LogP contribution is 2.32. The molecule has 2 atom stereocenters. The zero-order valence-corrected chi connectivity index (χ0v) is 11.0. The molecule has 1 fully saturated rings. The zero-order valence-electron chi connectivity index (χ0n) is 11.0. The van der Waals surface area contributed by atoms with Crippen LogP contribution in [0.3, 0.4) is 0 Å². The zero-order chi connectivity index (χ0) is 14.2. The minimum atomic E-state index is -4.29. The van der Waals surface area contributed by atoms with Gasteiger partial charge < -0.3 is 5.11 Å². The molecule has 1 aromatic carbocycles. The number of aliphatic hydroxyl groups excluding tert-OH is 1. The number of hydrogen-bond donors (Lipinski definition) is 1.